The zero-order chi connectivity index (χ0) is 19.4. The van der Waals surface area contributed by atoms with Gasteiger partial charge in [-0.25, -0.2) is 0 Å². The molecule has 0 saturated carbocycles. The largest absolute Gasteiger partial charge is 0.435 e. The lowest BCUT2D eigenvalue weighted by Gasteiger charge is -2.41. The number of carbonyl (C=O) groups excluding carboxylic acids is 1. The van der Waals surface area contributed by atoms with E-state index in [1.165, 1.54) is 29.3 Å². The molecule has 0 spiro atoms. The van der Waals surface area contributed by atoms with Crippen molar-refractivity contribution in [1.82, 2.24) is 10.2 Å². The van der Waals surface area contributed by atoms with Crippen LogP contribution in [0.15, 0.2) is 48.5 Å². The average molecular weight is 374 g/mol. The zero-order valence-corrected chi connectivity index (χ0v) is 15.5. The fraction of sp³-hybridized carbons (Fsp3) is 0.381. The van der Waals surface area contributed by atoms with E-state index in [9.17, 15) is 13.6 Å². The van der Waals surface area contributed by atoms with Crippen molar-refractivity contribution in [2.24, 2.45) is 0 Å². The molecule has 1 aliphatic rings. The van der Waals surface area contributed by atoms with E-state index in [1.807, 2.05) is 6.07 Å². The number of halogens is 2. The maximum absolute atomic E-state index is 12.4. The Morgan fingerprint density at radius 2 is 1.93 bits per heavy atom. The second-order valence-electron chi connectivity index (χ2n) is 7.34. The van der Waals surface area contributed by atoms with E-state index in [0.29, 0.717) is 12.1 Å². The summed E-state index contributed by atoms with van der Waals surface area (Å²) < 4.78 is 29.0. The molecule has 0 fully saturated rings. The van der Waals surface area contributed by atoms with Gasteiger partial charge < -0.3 is 10.1 Å². The van der Waals surface area contributed by atoms with Gasteiger partial charge >= 0.3 is 6.61 Å². The topological polar surface area (TPSA) is 41.6 Å². The molecular weight excluding hydrogens is 350 g/mol. The normalized spacial score (nSPS) is 14.7. The van der Waals surface area contributed by atoms with E-state index in [0.717, 1.165) is 19.5 Å². The third-order valence-electron chi connectivity index (χ3n) is 4.99. The van der Waals surface area contributed by atoms with Gasteiger partial charge in [0.25, 0.3) is 5.91 Å². The highest BCUT2D eigenvalue weighted by Gasteiger charge is 2.30. The van der Waals surface area contributed by atoms with Crippen molar-refractivity contribution in [1.29, 1.82) is 0 Å². The van der Waals surface area contributed by atoms with Gasteiger partial charge in [-0.05, 0) is 49.6 Å². The van der Waals surface area contributed by atoms with Crippen LogP contribution in [0.4, 0.5) is 8.78 Å². The minimum atomic E-state index is -2.91. The zero-order valence-electron chi connectivity index (χ0n) is 15.5. The van der Waals surface area contributed by atoms with Gasteiger partial charge in [-0.1, -0.05) is 30.3 Å². The number of alkyl halides is 2. The van der Waals surface area contributed by atoms with Crippen LogP contribution in [0.3, 0.4) is 0 Å². The van der Waals surface area contributed by atoms with Crippen molar-refractivity contribution >= 4 is 5.91 Å². The van der Waals surface area contributed by atoms with Gasteiger partial charge in [0.2, 0.25) is 0 Å². The smallest absolute Gasteiger partial charge is 0.387 e. The summed E-state index contributed by atoms with van der Waals surface area (Å²) in [5.41, 5.74) is 2.76. The molecular formula is C21H24F2N2O2. The fourth-order valence-corrected chi connectivity index (χ4v) is 3.34. The Labute approximate surface area is 158 Å². The van der Waals surface area contributed by atoms with Crippen molar-refractivity contribution in [3.8, 4) is 5.75 Å². The highest BCUT2D eigenvalue weighted by Crippen LogP contribution is 2.25. The molecule has 3 rings (SSSR count). The summed E-state index contributed by atoms with van der Waals surface area (Å²) in [5, 5.41) is 2.92. The Morgan fingerprint density at radius 3 is 2.67 bits per heavy atom. The number of amides is 1. The number of ether oxygens (including phenoxy) is 1. The molecule has 1 N–H and O–H groups in total. The summed E-state index contributed by atoms with van der Waals surface area (Å²) in [6, 6.07) is 14.2. The molecule has 6 heteroatoms. The first kappa shape index (κ1) is 19.3. The standard InChI is InChI=1S/C21H24F2N2O2/c1-21(2,25-11-10-15-6-3-4-7-17(15)13-25)14-24-19(26)16-8-5-9-18(12-16)27-20(22)23/h3-9,12,20H,10-11,13-14H2,1-2H3,(H,24,26). The SMILES string of the molecule is CC(C)(CNC(=O)c1cccc(OC(F)F)c1)N1CCc2ccccc2C1. The van der Waals surface area contributed by atoms with E-state index in [2.05, 4.69) is 47.0 Å². The Morgan fingerprint density at radius 1 is 1.19 bits per heavy atom. The average Bonchev–Trinajstić information content (AvgIpc) is 2.65. The molecule has 1 aliphatic heterocycles. The fourth-order valence-electron chi connectivity index (χ4n) is 3.34. The Balaban J connectivity index is 1.61. The predicted molar refractivity (Wildman–Crippen MR) is 100 cm³/mol. The van der Waals surface area contributed by atoms with Gasteiger partial charge in [0, 0.05) is 30.7 Å². The lowest BCUT2D eigenvalue weighted by molar-refractivity contribution is -0.0498. The van der Waals surface area contributed by atoms with E-state index < -0.39 is 6.61 Å². The van der Waals surface area contributed by atoms with Gasteiger partial charge in [-0.2, -0.15) is 8.78 Å². The van der Waals surface area contributed by atoms with Crippen LogP contribution in [-0.2, 0) is 13.0 Å². The summed E-state index contributed by atoms with van der Waals surface area (Å²) >= 11 is 0. The van der Waals surface area contributed by atoms with E-state index in [1.54, 1.807) is 6.07 Å². The van der Waals surface area contributed by atoms with Crippen molar-refractivity contribution < 1.29 is 18.3 Å². The Kier molecular flexibility index (Phi) is 5.75. The van der Waals surface area contributed by atoms with Crippen LogP contribution in [-0.4, -0.2) is 36.0 Å². The second-order valence-corrected chi connectivity index (χ2v) is 7.34. The first-order valence-electron chi connectivity index (χ1n) is 9.00. The Hall–Kier alpha value is -2.47. The minimum absolute atomic E-state index is 0.0236. The molecule has 0 aromatic heterocycles. The molecule has 2 aromatic carbocycles. The monoisotopic (exact) mass is 374 g/mol. The Bertz CT molecular complexity index is 808. The quantitative estimate of drug-likeness (QED) is 0.835. The first-order valence-corrected chi connectivity index (χ1v) is 9.00. The summed E-state index contributed by atoms with van der Waals surface area (Å²) in [4.78, 5) is 14.8. The maximum atomic E-state index is 12.4. The molecule has 4 nitrogen and oxygen atoms in total. The van der Waals surface area contributed by atoms with Crippen molar-refractivity contribution in [3.63, 3.8) is 0 Å². The summed E-state index contributed by atoms with van der Waals surface area (Å²) in [5.74, 6) is -0.329. The molecule has 1 amide bonds. The molecule has 1 heterocycles. The van der Waals surface area contributed by atoms with Crippen LogP contribution in [0.2, 0.25) is 0 Å². The van der Waals surface area contributed by atoms with Gasteiger partial charge in [-0.3, -0.25) is 9.69 Å². The van der Waals surface area contributed by atoms with Gasteiger partial charge in [0.15, 0.2) is 0 Å². The van der Waals surface area contributed by atoms with Crippen LogP contribution in [0.5, 0.6) is 5.75 Å². The van der Waals surface area contributed by atoms with Crippen molar-refractivity contribution in [2.45, 2.75) is 39.0 Å². The first-order chi connectivity index (χ1) is 12.8. The molecule has 0 bridgehead atoms. The predicted octanol–water partition coefficient (Wildman–Crippen LogP) is 3.85. The number of hydrogen-bond acceptors (Lipinski definition) is 3. The van der Waals surface area contributed by atoms with E-state index >= 15 is 0 Å². The van der Waals surface area contributed by atoms with E-state index in [-0.39, 0.29) is 17.2 Å². The molecule has 2 aromatic rings. The van der Waals surface area contributed by atoms with E-state index in [4.69, 9.17) is 0 Å². The number of hydrogen-bond donors (Lipinski definition) is 1. The molecule has 27 heavy (non-hydrogen) atoms. The number of nitrogens with one attached hydrogen (secondary N) is 1. The van der Waals surface area contributed by atoms with Gasteiger partial charge in [0.05, 0.1) is 0 Å². The highest BCUT2D eigenvalue weighted by atomic mass is 19.3. The number of fused-ring (bicyclic) bond motifs is 1. The van der Waals surface area contributed by atoms with Crippen molar-refractivity contribution in [3.05, 3.63) is 65.2 Å². The molecule has 0 saturated heterocycles. The minimum Gasteiger partial charge on any atom is -0.435 e. The van der Waals surface area contributed by atoms with Crippen molar-refractivity contribution in [2.75, 3.05) is 13.1 Å². The molecule has 0 unspecified atom stereocenters. The third-order valence-corrected chi connectivity index (χ3v) is 4.99. The number of carbonyl (C=O) groups is 1. The number of benzene rings is 2. The summed E-state index contributed by atoms with van der Waals surface area (Å²) in [6.45, 7) is 3.50. The lowest BCUT2D eigenvalue weighted by atomic mass is 9.94. The molecule has 0 atom stereocenters. The van der Waals surface area contributed by atoms with Crippen LogP contribution in [0.1, 0.15) is 35.3 Å². The third kappa shape index (κ3) is 4.83. The maximum Gasteiger partial charge on any atom is 0.387 e. The van der Waals surface area contributed by atoms with Gasteiger partial charge in [0.1, 0.15) is 5.75 Å². The number of nitrogens with zero attached hydrogens (tertiary/aromatic N) is 1. The lowest BCUT2D eigenvalue weighted by Crippen LogP contribution is -2.53. The molecule has 144 valence electrons. The second kappa shape index (κ2) is 8.05. The number of rotatable bonds is 6. The van der Waals surface area contributed by atoms with Crippen LogP contribution in [0.25, 0.3) is 0 Å². The van der Waals surface area contributed by atoms with Crippen LogP contribution < -0.4 is 10.1 Å². The van der Waals surface area contributed by atoms with Crippen LogP contribution in [0, 0.1) is 0 Å². The summed E-state index contributed by atoms with van der Waals surface area (Å²) in [7, 11) is 0. The molecule has 0 radical (unpaired) electrons. The molecule has 0 aliphatic carbocycles. The van der Waals surface area contributed by atoms with Gasteiger partial charge in [-0.15, -0.1) is 0 Å². The van der Waals surface area contributed by atoms with Crippen LogP contribution >= 0.6 is 0 Å². The highest BCUT2D eigenvalue weighted by molar-refractivity contribution is 5.94. The summed E-state index contributed by atoms with van der Waals surface area (Å²) in [6.07, 6.45) is 0.987.